The van der Waals surface area contributed by atoms with Crippen molar-refractivity contribution in [1.82, 2.24) is 9.88 Å². The van der Waals surface area contributed by atoms with Gasteiger partial charge in [0.15, 0.2) is 0 Å². The topological polar surface area (TPSA) is 68.7 Å². The predicted molar refractivity (Wildman–Crippen MR) is 106 cm³/mol. The van der Waals surface area contributed by atoms with Crippen LogP contribution in [0, 0.1) is 0 Å². The van der Waals surface area contributed by atoms with Crippen LogP contribution in [0.15, 0.2) is 54.7 Å². The molecule has 4 rings (SSSR count). The molecule has 142 valence electrons. The van der Waals surface area contributed by atoms with Gasteiger partial charge in [-0.1, -0.05) is 17.7 Å². The summed E-state index contributed by atoms with van der Waals surface area (Å²) < 4.78 is 5.72. The number of ether oxygens (including phenoxy) is 1. The lowest BCUT2D eigenvalue weighted by molar-refractivity contribution is -0.140. The summed E-state index contributed by atoms with van der Waals surface area (Å²) in [6, 6.07) is 15.3. The van der Waals surface area contributed by atoms with Crippen molar-refractivity contribution in [1.29, 1.82) is 0 Å². The number of β-amino-alcohol motifs (C(OH)–C–C–N with tert-alkyl or cyclic N) is 1. The number of benzene rings is 2. The van der Waals surface area contributed by atoms with Crippen molar-refractivity contribution < 1.29 is 14.9 Å². The first-order chi connectivity index (χ1) is 13.0. The van der Waals surface area contributed by atoms with Gasteiger partial charge in [0, 0.05) is 36.4 Å². The van der Waals surface area contributed by atoms with Gasteiger partial charge in [-0.25, -0.2) is 0 Å². The second-order valence-corrected chi connectivity index (χ2v) is 7.70. The summed E-state index contributed by atoms with van der Waals surface area (Å²) >= 11 is 5.88. The van der Waals surface area contributed by atoms with Gasteiger partial charge in [0.25, 0.3) is 0 Å². The standard InChI is InChI=1S/C21H23ClN2O3/c22-17-2-4-18(5-3-17)27-14-21(26)13-24(10-8-20(21)25)12-15-1-6-19-16(11-15)7-9-23-19/h1-7,9,11,20,23,25-26H,8,10,12-14H2/t20-,21-/m0/s1. The van der Waals surface area contributed by atoms with E-state index in [2.05, 4.69) is 34.1 Å². The van der Waals surface area contributed by atoms with Gasteiger partial charge in [0.2, 0.25) is 0 Å². The molecule has 0 aliphatic carbocycles. The SMILES string of the molecule is O[C@H]1CCN(Cc2ccc3[nH]ccc3c2)C[C@]1(O)COc1ccc(Cl)cc1. The quantitative estimate of drug-likeness (QED) is 0.630. The Bertz CT molecular complexity index is 911. The Balaban J connectivity index is 1.42. The lowest BCUT2D eigenvalue weighted by atomic mass is 9.90. The number of halogens is 1. The van der Waals surface area contributed by atoms with Crippen molar-refractivity contribution in [3.05, 3.63) is 65.3 Å². The molecule has 2 atom stereocenters. The third-order valence-corrected chi connectivity index (χ3v) is 5.41. The molecule has 0 unspecified atom stereocenters. The molecule has 27 heavy (non-hydrogen) atoms. The lowest BCUT2D eigenvalue weighted by Crippen LogP contribution is -2.59. The molecule has 1 aromatic heterocycles. The monoisotopic (exact) mass is 386 g/mol. The van der Waals surface area contributed by atoms with Crippen molar-refractivity contribution >= 4 is 22.5 Å². The fraction of sp³-hybridized carbons (Fsp3) is 0.333. The number of likely N-dealkylation sites (tertiary alicyclic amines) is 1. The molecular formula is C21H23ClN2O3. The summed E-state index contributed by atoms with van der Waals surface area (Å²) in [4.78, 5) is 5.35. The fourth-order valence-electron chi connectivity index (χ4n) is 3.62. The molecule has 0 bridgehead atoms. The zero-order chi connectivity index (χ0) is 18.9. The van der Waals surface area contributed by atoms with Crippen LogP contribution in [0.25, 0.3) is 10.9 Å². The number of aromatic amines is 1. The summed E-state index contributed by atoms with van der Waals surface area (Å²) in [5, 5.41) is 23.2. The number of nitrogens with zero attached hydrogens (tertiary/aromatic N) is 1. The lowest BCUT2D eigenvalue weighted by Gasteiger charge is -2.42. The van der Waals surface area contributed by atoms with Gasteiger partial charge in [0.1, 0.15) is 18.0 Å². The number of H-pyrrole nitrogens is 1. The number of aliphatic hydroxyl groups excluding tert-OH is 1. The summed E-state index contributed by atoms with van der Waals surface area (Å²) in [7, 11) is 0. The van der Waals surface area contributed by atoms with Crippen LogP contribution in [-0.4, -0.2) is 51.5 Å². The van der Waals surface area contributed by atoms with E-state index in [1.165, 1.54) is 10.9 Å². The number of aliphatic hydroxyl groups is 2. The van der Waals surface area contributed by atoms with E-state index in [0.717, 1.165) is 18.6 Å². The van der Waals surface area contributed by atoms with E-state index in [9.17, 15) is 10.2 Å². The minimum Gasteiger partial charge on any atom is -0.490 e. The van der Waals surface area contributed by atoms with Crippen molar-refractivity contribution in [3.63, 3.8) is 0 Å². The molecule has 0 saturated carbocycles. The maximum atomic E-state index is 11.0. The first-order valence-electron chi connectivity index (χ1n) is 9.09. The summed E-state index contributed by atoms with van der Waals surface area (Å²) in [5.74, 6) is 0.620. The van der Waals surface area contributed by atoms with E-state index in [1.807, 2.05) is 6.20 Å². The molecule has 3 N–H and O–H groups in total. The predicted octanol–water partition coefficient (Wildman–Crippen LogP) is 3.20. The molecule has 1 aliphatic rings. The average Bonchev–Trinajstić information content (AvgIpc) is 3.12. The molecule has 2 heterocycles. The van der Waals surface area contributed by atoms with Gasteiger partial charge < -0.3 is 19.9 Å². The number of aromatic nitrogens is 1. The minimum atomic E-state index is -1.31. The van der Waals surface area contributed by atoms with Gasteiger partial charge >= 0.3 is 0 Å². The second-order valence-electron chi connectivity index (χ2n) is 7.26. The van der Waals surface area contributed by atoms with Crippen LogP contribution in [0.3, 0.4) is 0 Å². The number of hydrogen-bond donors (Lipinski definition) is 3. The number of hydrogen-bond acceptors (Lipinski definition) is 4. The van der Waals surface area contributed by atoms with Crippen LogP contribution >= 0.6 is 11.6 Å². The zero-order valence-electron chi connectivity index (χ0n) is 14.9. The van der Waals surface area contributed by atoms with Crippen LogP contribution in [-0.2, 0) is 6.54 Å². The van der Waals surface area contributed by atoms with Gasteiger partial charge in [-0.05, 0) is 59.8 Å². The Morgan fingerprint density at radius 2 is 2.00 bits per heavy atom. The van der Waals surface area contributed by atoms with Crippen LogP contribution in [0.1, 0.15) is 12.0 Å². The second kappa shape index (κ2) is 7.52. The van der Waals surface area contributed by atoms with Crippen molar-refractivity contribution in [3.8, 4) is 5.75 Å². The number of piperidine rings is 1. The molecule has 3 aromatic rings. The molecule has 6 heteroatoms. The van der Waals surface area contributed by atoms with E-state index in [0.29, 0.717) is 23.7 Å². The van der Waals surface area contributed by atoms with E-state index >= 15 is 0 Å². The van der Waals surface area contributed by atoms with Crippen molar-refractivity contribution in [2.75, 3.05) is 19.7 Å². The van der Waals surface area contributed by atoms with Crippen LogP contribution in [0.2, 0.25) is 5.02 Å². The molecule has 1 saturated heterocycles. The number of nitrogens with one attached hydrogen (secondary N) is 1. The average molecular weight is 387 g/mol. The fourth-order valence-corrected chi connectivity index (χ4v) is 3.75. The van der Waals surface area contributed by atoms with Gasteiger partial charge in [-0.3, -0.25) is 4.90 Å². The van der Waals surface area contributed by atoms with Crippen LogP contribution in [0.5, 0.6) is 5.75 Å². The van der Waals surface area contributed by atoms with E-state index in [-0.39, 0.29) is 6.61 Å². The largest absolute Gasteiger partial charge is 0.490 e. The van der Waals surface area contributed by atoms with Gasteiger partial charge in [-0.15, -0.1) is 0 Å². The molecular weight excluding hydrogens is 364 g/mol. The molecule has 5 nitrogen and oxygen atoms in total. The number of rotatable bonds is 5. The van der Waals surface area contributed by atoms with E-state index < -0.39 is 11.7 Å². The smallest absolute Gasteiger partial charge is 0.137 e. The highest BCUT2D eigenvalue weighted by molar-refractivity contribution is 6.30. The zero-order valence-corrected chi connectivity index (χ0v) is 15.7. The Morgan fingerprint density at radius 1 is 1.19 bits per heavy atom. The Kier molecular flexibility index (Phi) is 5.10. The Hall–Kier alpha value is -2.05. The molecule has 0 spiro atoms. The maximum absolute atomic E-state index is 11.0. The molecule has 0 amide bonds. The van der Waals surface area contributed by atoms with E-state index in [4.69, 9.17) is 16.3 Å². The minimum absolute atomic E-state index is 0.0309. The maximum Gasteiger partial charge on any atom is 0.137 e. The Morgan fingerprint density at radius 3 is 2.81 bits per heavy atom. The van der Waals surface area contributed by atoms with Crippen LogP contribution in [0.4, 0.5) is 0 Å². The third kappa shape index (κ3) is 4.12. The molecule has 2 aromatic carbocycles. The Labute approximate surface area is 163 Å². The summed E-state index contributed by atoms with van der Waals surface area (Å²) in [5.41, 5.74) is 0.982. The van der Waals surface area contributed by atoms with Gasteiger partial charge in [-0.2, -0.15) is 0 Å². The first-order valence-corrected chi connectivity index (χ1v) is 9.47. The molecule has 0 radical (unpaired) electrons. The van der Waals surface area contributed by atoms with E-state index in [1.54, 1.807) is 24.3 Å². The normalized spacial score (nSPS) is 23.6. The highest BCUT2D eigenvalue weighted by Crippen LogP contribution is 2.26. The van der Waals surface area contributed by atoms with Crippen LogP contribution < -0.4 is 4.74 Å². The van der Waals surface area contributed by atoms with Crippen molar-refractivity contribution in [2.24, 2.45) is 0 Å². The highest BCUT2D eigenvalue weighted by atomic mass is 35.5. The number of fused-ring (bicyclic) bond motifs is 1. The molecule has 1 fully saturated rings. The first kappa shape index (κ1) is 18.3. The summed E-state index contributed by atoms with van der Waals surface area (Å²) in [6.07, 6.45) is 1.62. The molecule has 1 aliphatic heterocycles. The summed E-state index contributed by atoms with van der Waals surface area (Å²) in [6.45, 7) is 1.84. The van der Waals surface area contributed by atoms with Crippen molar-refractivity contribution in [2.45, 2.75) is 24.7 Å². The van der Waals surface area contributed by atoms with Gasteiger partial charge in [0.05, 0.1) is 6.10 Å². The third-order valence-electron chi connectivity index (χ3n) is 5.16. The highest BCUT2D eigenvalue weighted by Gasteiger charge is 2.42.